The van der Waals surface area contributed by atoms with E-state index in [1.807, 2.05) is 29.6 Å². The number of hydrogen-bond acceptors (Lipinski definition) is 6. The van der Waals surface area contributed by atoms with Crippen LogP contribution in [0.15, 0.2) is 29.6 Å². The van der Waals surface area contributed by atoms with Crippen LogP contribution >= 0.6 is 11.3 Å². The molecule has 27 heavy (non-hydrogen) atoms. The third-order valence-electron chi connectivity index (χ3n) is 4.01. The molecule has 1 aromatic heterocycles. The first-order valence-electron chi connectivity index (χ1n) is 8.46. The molecule has 0 bridgehead atoms. The van der Waals surface area contributed by atoms with Gasteiger partial charge in [-0.05, 0) is 25.3 Å². The summed E-state index contributed by atoms with van der Waals surface area (Å²) < 4.78 is 22.9. The summed E-state index contributed by atoms with van der Waals surface area (Å²) in [5, 5.41) is 6.37. The fourth-order valence-corrected chi connectivity index (χ4v) is 3.43. The van der Waals surface area contributed by atoms with Crippen molar-refractivity contribution < 1.29 is 18.0 Å². The number of anilines is 1. The maximum absolute atomic E-state index is 12.0. The summed E-state index contributed by atoms with van der Waals surface area (Å²) in [4.78, 5) is 27.2. The lowest BCUT2D eigenvalue weighted by molar-refractivity contribution is -0.119. The predicted molar refractivity (Wildman–Crippen MR) is 107 cm³/mol. The molecular weight excluding hydrogens is 386 g/mol. The van der Waals surface area contributed by atoms with Gasteiger partial charge in [-0.15, -0.1) is 11.3 Å². The van der Waals surface area contributed by atoms with E-state index in [-0.39, 0.29) is 5.91 Å². The fourth-order valence-electron chi connectivity index (χ4n) is 2.26. The second-order valence-electron chi connectivity index (χ2n) is 6.28. The first kappa shape index (κ1) is 21.0. The van der Waals surface area contributed by atoms with Crippen molar-refractivity contribution >= 4 is 38.1 Å². The SMILES string of the molecule is CC(=O)NCCCc1ccc(-c2csc(NC(=O)C(C)S(C)(=O)=O)n2)cc1. The summed E-state index contributed by atoms with van der Waals surface area (Å²) in [6.07, 6.45) is 2.76. The Morgan fingerprint density at radius 2 is 1.89 bits per heavy atom. The Bertz CT molecular complexity index is 905. The van der Waals surface area contributed by atoms with Crippen molar-refractivity contribution in [2.24, 2.45) is 0 Å². The third-order valence-corrected chi connectivity index (χ3v) is 6.27. The monoisotopic (exact) mass is 409 g/mol. The average Bonchev–Trinajstić information content (AvgIpc) is 3.06. The topological polar surface area (TPSA) is 105 Å². The number of aromatic nitrogens is 1. The van der Waals surface area contributed by atoms with Crippen LogP contribution in [0, 0.1) is 0 Å². The van der Waals surface area contributed by atoms with E-state index in [0.717, 1.165) is 30.2 Å². The zero-order valence-corrected chi connectivity index (χ0v) is 17.1. The molecule has 2 rings (SSSR count). The number of benzene rings is 1. The first-order chi connectivity index (χ1) is 12.7. The zero-order valence-electron chi connectivity index (χ0n) is 15.5. The van der Waals surface area contributed by atoms with Crippen LogP contribution in [0.1, 0.15) is 25.8 Å². The number of thiazole rings is 1. The molecule has 0 aliphatic carbocycles. The molecule has 0 fully saturated rings. The number of amides is 2. The van der Waals surface area contributed by atoms with E-state index in [1.54, 1.807) is 0 Å². The summed E-state index contributed by atoms with van der Waals surface area (Å²) in [6.45, 7) is 3.50. The highest BCUT2D eigenvalue weighted by molar-refractivity contribution is 7.92. The molecule has 0 spiro atoms. The Kier molecular flexibility index (Phi) is 7.09. The van der Waals surface area contributed by atoms with E-state index in [4.69, 9.17) is 0 Å². The standard InChI is InChI=1S/C18H23N3O4S2/c1-12(27(3,24)25)17(23)21-18-20-16(11-26-18)15-8-6-14(7-9-15)5-4-10-19-13(2)22/h6-9,11-12H,4-5,10H2,1-3H3,(H,19,22)(H,20,21,23). The number of sulfone groups is 1. The summed E-state index contributed by atoms with van der Waals surface area (Å²) in [5.41, 5.74) is 2.79. The molecule has 2 aromatic rings. The number of carbonyl (C=O) groups is 2. The molecular formula is C18H23N3O4S2. The Balaban J connectivity index is 1.96. The number of rotatable bonds is 8. The van der Waals surface area contributed by atoms with Crippen LogP contribution in [0.2, 0.25) is 0 Å². The van der Waals surface area contributed by atoms with Crippen LogP contribution in [-0.2, 0) is 25.8 Å². The Labute approximate surface area is 163 Å². The average molecular weight is 410 g/mol. The van der Waals surface area contributed by atoms with Gasteiger partial charge in [0.25, 0.3) is 0 Å². The van der Waals surface area contributed by atoms with Gasteiger partial charge < -0.3 is 10.6 Å². The molecule has 0 aliphatic rings. The molecule has 1 heterocycles. The van der Waals surface area contributed by atoms with Crippen LogP contribution in [0.25, 0.3) is 11.3 Å². The van der Waals surface area contributed by atoms with Crippen molar-refractivity contribution in [1.82, 2.24) is 10.3 Å². The molecule has 146 valence electrons. The number of aryl methyl sites for hydroxylation is 1. The van der Waals surface area contributed by atoms with Crippen molar-refractivity contribution in [2.45, 2.75) is 31.9 Å². The van der Waals surface area contributed by atoms with Gasteiger partial charge in [0.1, 0.15) is 5.25 Å². The van der Waals surface area contributed by atoms with E-state index in [1.165, 1.54) is 25.2 Å². The molecule has 0 saturated carbocycles. The molecule has 2 N–H and O–H groups in total. The molecule has 0 radical (unpaired) electrons. The lowest BCUT2D eigenvalue weighted by atomic mass is 10.1. The van der Waals surface area contributed by atoms with Gasteiger partial charge in [-0.25, -0.2) is 13.4 Å². The lowest BCUT2D eigenvalue weighted by Gasteiger charge is -2.07. The van der Waals surface area contributed by atoms with Crippen LogP contribution in [-0.4, -0.2) is 43.3 Å². The summed E-state index contributed by atoms with van der Waals surface area (Å²) >= 11 is 1.25. The van der Waals surface area contributed by atoms with Crippen molar-refractivity contribution in [3.8, 4) is 11.3 Å². The largest absolute Gasteiger partial charge is 0.356 e. The van der Waals surface area contributed by atoms with Crippen molar-refractivity contribution in [2.75, 3.05) is 18.1 Å². The lowest BCUT2D eigenvalue weighted by Crippen LogP contribution is -2.31. The number of hydrogen-bond donors (Lipinski definition) is 2. The van der Waals surface area contributed by atoms with Crippen LogP contribution < -0.4 is 10.6 Å². The number of nitrogens with zero attached hydrogens (tertiary/aromatic N) is 1. The zero-order chi connectivity index (χ0) is 20.0. The van der Waals surface area contributed by atoms with Crippen molar-refractivity contribution in [3.05, 3.63) is 35.2 Å². The van der Waals surface area contributed by atoms with E-state index in [2.05, 4.69) is 15.6 Å². The minimum Gasteiger partial charge on any atom is -0.356 e. The number of nitrogens with one attached hydrogen (secondary N) is 2. The van der Waals surface area contributed by atoms with Crippen molar-refractivity contribution in [3.63, 3.8) is 0 Å². The van der Waals surface area contributed by atoms with Gasteiger partial charge in [0, 0.05) is 30.7 Å². The highest BCUT2D eigenvalue weighted by atomic mass is 32.2. The highest BCUT2D eigenvalue weighted by Gasteiger charge is 2.24. The van der Waals surface area contributed by atoms with E-state index in [0.29, 0.717) is 17.4 Å². The van der Waals surface area contributed by atoms with Crippen LogP contribution in [0.3, 0.4) is 0 Å². The smallest absolute Gasteiger partial charge is 0.244 e. The molecule has 0 saturated heterocycles. The van der Waals surface area contributed by atoms with Crippen LogP contribution in [0.5, 0.6) is 0 Å². The Morgan fingerprint density at radius 1 is 1.22 bits per heavy atom. The predicted octanol–water partition coefficient (Wildman–Crippen LogP) is 2.25. The minimum atomic E-state index is -3.45. The molecule has 1 aromatic carbocycles. The molecule has 1 unspecified atom stereocenters. The third kappa shape index (κ3) is 6.44. The van der Waals surface area contributed by atoms with Gasteiger partial charge in [0.2, 0.25) is 11.8 Å². The van der Waals surface area contributed by atoms with Gasteiger partial charge >= 0.3 is 0 Å². The van der Waals surface area contributed by atoms with Gasteiger partial charge in [0.05, 0.1) is 5.69 Å². The maximum Gasteiger partial charge on any atom is 0.244 e. The van der Waals surface area contributed by atoms with Gasteiger partial charge in [-0.2, -0.15) is 0 Å². The van der Waals surface area contributed by atoms with E-state index in [9.17, 15) is 18.0 Å². The molecule has 2 amide bonds. The van der Waals surface area contributed by atoms with Gasteiger partial charge in [-0.3, -0.25) is 9.59 Å². The normalized spacial score (nSPS) is 12.4. The minimum absolute atomic E-state index is 0.0253. The first-order valence-corrected chi connectivity index (χ1v) is 11.3. The fraction of sp³-hybridized carbons (Fsp3) is 0.389. The Hall–Kier alpha value is -2.26. The summed E-state index contributed by atoms with van der Waals surface area (Å²) in [6, 6.07) is 7.92. The van der Waals surface area contributed by atoms with E-state index < -0.39 is 21.0 Å². The molecule has 1 atom stereocenters. The van der Waals surface area contributed by atoms with E-state index >= 15 is 0 Å². The van der Waals surface area contributed by atoms with Crippen molar-refractivity contribution in [1.29, 1.82) is 0 Å². The van der Waals surface area contributed by atoms with Gasteiger partial charge in [-0.1, -0.05) is 24.3 Å². The summed E-state index contributed by atoms with van der Waals surface area (Å²) in [5.74, 6) is -0.615. The Morgan fingerprint density at radius 3 is 2.48 bits per heavy atom. The molecule has 0 aliphatic heterocycles. The molecule has 9 heteroatoms. The van der Waals surface area contributed by atoms with Gasteiger partial charge in [0.15, 0.2) is 15.0 Å². The molecule has 7 nitrogen and oxygen atoms in total. The van der Waals surface area contributed by atoms with Crippen LogP contribution in [0.4, 0.5) is 5.13 Å². The second-order valence-corrected chi connectivity index (χ2v) is 9.51. The summed E-state index contributed by atoms with van der Waals surface area (Å²) in [7, 11) is -3.45. The second kappa shape index (κ2) is 9.09. The highest BCUT2D eigenvalue weighted by Crippen LogP contribution is 2.25. The quantitative estimate of drug-likeness (QED) is 0.651. The maximum atomic E-state index is 12.0. The number of carbonyl (C=O) groups excluding carboxylic acids is 2.